The van der Waals surface area contributed by atoms with Gasteiger partial charge in [0.25, 0.3) is 0 Å². The van der Waals surface area contributed by atoms with E-state index in [1.54, 1.807) is 0 Å². The van der Waals surface area contributed by atoms with Gasteiger partial charge in [-0.25, -0.2) is 5.84 Å². The Morgan fingerprint density at radius 1 is 1.46 bits per heavy atom. The van der Waals surface area contributed by atoms with Crippen LogP contribution in [0.2, 0.25) is 0 Å². The van der Waals surface area contributed by atoms with Gasteiger partial charge in [-0.2, -0.15) is 0 Å². The van der Waals surface area contributed by atoms with Crippen molar-refractivity contribution in [3.8, 4) is 0 Å². The Balaban J connectivity index is 2.22. The number of halogens is 3. The van der Waals surface area contributed by atoms with Crippen LogP contribution in [0.15, 0.2) is 0 Å². The fourth-order valence-corrected chi connectivity index (χ4v) is 1.18. The van der Waals surface area contributed by atoms with Crippen molar-refractivity contribution in [3.63, 3.8) is 0 Å². The predicted octanol–water partition coefficient (Wildman–Crippen LogP) is 0.291. The van der Waals surface area contributed by atoms with E-state index in [2.05, 4.69) is 4.74 Å². The summed E-state index contributed by atoms with van der Waals surface area (Å²) in [5, 5.41) is 0. The zero-order chi connectivity index (χ0) is 10.1. The first kappa shape index (κ1) is 10.3. The molecule has 0 spiro atoms. The van der Waals surface area contributed by atoms with E-state index in [1.807, 2.05) is 5.43 Å². The minimum absolute atomic E-state index is 0.0720. The number of nitrogens with two attached hydrogens (primary N) is 1. The Labute approximate surface area is 72.2 Å². The lowest BCUT2D eigenvalue weighted by Crippen LogP contribution is -2.46. The quantitative estimate of drug-likeness (QED) is 0.381. The average molecular weight is 198 g/mol. The van der Waals surface area contributed by atoms with Crippen LogP contribution >= 0.6 is 0 Å². The molecule has 3 N–H and O–H groups in total. The third-order valence-electron chi connectivity index (χ3n) is 1.91. The number of nitrogens with one attached hydrogen (secondary N) is 1. The Bertz CT molecular complexity index is 201. The standard InChI is InChI=1S/C6H9F3N2O2/c7-6(8,9)13-4-1-3(2-4)5(12)11-10/h3-4H,1-2,10H2,(H,11,12). The molecule has 0 aromatic heterocycles. The molecule has 1 aliphatic rings. The number of hydrazine groups is 1. The second-order valence-corrected chi connectivity index (χ2v) is 2.86. The van der Waals surface area contributed by atoms with Crippen molar-refractivity contribution in [1.82, 2.24) is 5.43 Å². The fraction of sp³-hybridized carbons (Fsp3) is 0.833. The lowest BCUT2D eigenvalue weighted by molar-refractivity contribution is -0.353. The first-order valence-electron chi connectivity index (χ1n) is 3.67. The molecule has 76 valence electrons. The van der Waals surface area contributed by atoms with Crippen molar-refractivity contribution in [2.45, 2.75) is 25.3 Å². The molecule has 0 unspecified atom stereocenters. The summed E-state index contributed by atoms with van der Waals surface area (Å²) in [6, 6.07) is 0. The number of ether oxygens (including phenoxy) is 1. The van der Waals surface area contributed by atoms with E-state index in [0.29, 0.717) is 0 Å². The van der Waals surface area contributed by atoms with E-state index >= 15 is 0 Å². The molecule has 1 fully saturated rings. The van der Waals surface area contributed by atoms with Crippen LogP contribution in [0.1, 0.15) is 12.8 Å². The number of carbonyl (C=O) groups is 1. The van der Waals surface area contributed by atoms with Crippen molar-refractivity contribution in [3.05, 3.63) is 0 Å². The molecule has 0 aromatic carbocycles. The maximum atomic E-state index is 11.6. The summed E-state index contributed by atoms with van der Waals surface area (Å²) >= 11 is 0. The van der Waals surface area contributed by atoms with Gasteiger partial charge in [-0.15, -0.1) is 13.2 Å². The van der Waals surface area contributed by atoms with Gasteiger partial charge in [0.1, 0.15) is 0 Å². The molecule has 4 nitrogen and oxygen atoms in total. The van der Waals surface area contributed by atoms with Gasteiger partial charge in [0.2, 0.25) is 5.91 Å². The molecule has 1 amide bonds. The molecule has 0 radical (unpaired) electrons. The lowest BCUT2D eigenvalue weighted by atomic mass is 9.82. The summed E-state index contributed by atoms with van der Waals surface area (Å²) in [7, 11) is 0. The van der Waals surface area contributed by atoms with Crippen LogP contribution < -0.4 is 11.3 Å². The van der Waals surface area contributed by atoms with E-state index in [4.69, 9.17) is 5.84 Å². The van der Waals surface area contributed by atoms with E-state index in [-0.39, 0.29) is 12.8 Å². The minimum atomic E-state index is -4.62. The first-order chi connectivity index (χ1) is 5.92. The van der Waals surface area contributed by atoms with E-state index in [0.717, 1.165) is 0 Å². The zero-order valence-corrected chi connectivity index (χ0v) is 6.60. The van der Waals surface area contributed by atoms with Gasteiger partial charge in [-0.3, -0.25) is 15.0 Å². The van der Waals surface area contributed by atoms with Gasteiger partial charge < -0.3 is 0 Å². The molecule has 0 aliphatic heterocycles. The monoisotopic (exact) mass is 198 g/mol. The molecular weight excluding hydrogens is 189 g/mol. The Morgan fingerprint density at radius 3 is 2.38 bits per heavy atom. The van der Waals surface area contributed by atoms with Crippen molar-refractivity contribution in [2.24, 2.45) is 11.8 Å². The summed E-state index contributed by atoms with van der Waals surface area (Å²) in [6.45, 7) is 0. The lowest BCUT2D eigenvalue weighted by Gasteiger charge is -2.33. The number of rotatable bonds is 2. The van der Waals surface area contributed by atoms with Gasteiger partial charge in [-0.05, 0) is 12.8 Å². The van der Waals surface area contributed by atoms with E-state index in [9.17, 15) is 18.0 Å². The molecule has 13 heavy (non-hydrogen) atoms. The fourth-order valence-electron chi connectivity index (χ4n) is 1.18. The van der Waals surface area contributed by atoms with Crippen molar-refractivity contribution < 1.29 is 22.7 Å². The third-order valence-corrected chi connectivity index (χ3v) is 1.91. The van der Waals surface area contributed by atoms with Crippen LogP contribution in [0.3, 0.4) is 0 Å². The topological polar surface area (TPSA) is 64.3 Å². The molecule has 0 bridgehead atoms. The molecule has 0 atom stereocenters. The number of alkyl halides is 3. The molecule has 0 heterocycles. The second kappa shape index (κ2) is 3.51. The smallest absolute Gasteiger partial charge is 0.294 e. The maximum absolute atomic E-state index is 11.6. The summed E-state index contributed by atoms with van der Waals surface area (Å²) in [5.41, 5.74) is 1.87. The normalized spacial score (nSPS) is 28.0. The van der Waals surface area contributed by atoms with Crippen LogP contribution in [-0.4, -0.2) is 18.4 Å². The van der Waals surface area contributed by atoms with Crippen molar-refractivity contribution >= 4 is 5.91 Å². The SMILES string of the molecule is NNC(=O)C1CC(OC(F)(F)F)C1. The van der Waals surface area contributed by atoms with E-state index < -0.39 is 24.3 Å². The molecule has 0 aromatic rings. The van der Waals surface area contributed by atoms with Crippen LogP contribution in [0.4, 0.5) is 13.2 Å². The third kappa shape index (κ3) is 2.85. The number of hydrogen-bond donors (Lipinski definition) is 2. The van der Waals surface area contributed by atoms with Gasteiger partial charge in [0.05, 0.1) is 6.10 Å². The van der Waals surface area contributed by atoms with Gasteiger partial charge in [0.15, 0.2) is 0 Å². The minimum Gasteiger partial charge on any atom is -0.294 e. The molecule has 0 saturated heterocycles. The average Bonchev–Trinajstić information content (AvgIpc) is 1.92. The second-order valence-electron chi connectivity index (χ2n) is 2.86. The number of hydrogen-bond acceptors (Lipinski definition) is 3. The Kier molecular flexibility index (Phi) is 2.77. The van der Waals surface area contributed by atoms with Crippen molar-refractivity contribution in [2.75, 3.05) is 0 Å². The van der Waals surface area contributed by atoms with Crippen LogP contribution in [0.5, 0.6) is 0 Å². The summed E-state index contributed by atoms with van der Waals surface area (Å²) in [6.07, 6.45) is -5.37. The molecular formula is C6H9F3N2O2. The van der Waals surface area contributed by atoms with E-state index in [1.165, 1.54) is 0 Å². The Morgan fingerprint density at radius 2 is 2.00 bits per heavy atom. The predicted molar refractivity (Wildman–Crippen MR) is 36.0 cm³/mol. The highest BCUT2D eigenvalue weighted by Crippen LogP contribution is 2.34. The van der Waals surface area contributed by atoms with Crippen molar-refractivity contribution in [1.29, 1.82) is 0 Å². The molecule has 1 aliphatic carbocycles. The molecule has 1 rings (SSSR count). The number of amides is 1. The summed E-state index contributed by atoms with van der Waals surface area (Å²) in [5.74, 6) is 3.90. The van der Waals surface area contributed by atoms with Gasteiger partial charge in [0, 0.05) is 5.92 Å². The maximum Gasteiger partial charge on any atom is 0.522 e. The highest BCUT2D eigenvalue weighted by atomic mass is 19.4. The summed E-state index contributed by atoms with van der Waals surface area (Å²) < 4.78 is 38.4. The van der Waals surface area contributed by atoms with Gasteiger partial charge >= 0.3 is 6.36 Å². The molecule has 1 saturated carbocycles. The Hall–Kier alpha value is -0.820. The van der Waals surface area contributed by atoms with Crippen LogP contribution in [0.25, 0.3) is 0 Å². The number of carbonyl (C=O) groups excluding carboxylic acids is 1. The van der Waals surface area contributed by atoms with Crippen LogP contribution in [0, 0.1) is 5.92 Å². The highest BCUT2D eigenvalue weighted by Gasteiger charge is 2.42. The van der Waals surface area contributed by atoms with Gasteiger partial charge in [-0.1, -0.05) is 0 Å². The zero-order valence-electron chi connectivity index (χ0n) is 6.60. The molecule has 7 heteroatoms. The van der Waals surface area contributed by atoms with Crippen LogP contribution in [-0.2, 0) is 9.53 Å². The summed E-state index contributed by atoms with van der Waals surface area (Å²) in [4.78, 5) is 10.7. The largest absolute Gasteiger partial charge is 0.522 e. The highest BCUT2D eigenvalue weighted by molar-refractivity contribution is 5.78. The first-order valence-corrected chi connectivity index (χ1v) is 3.67.